The topological polar surface area (TPSA) is 96.2 Å². The van der Waals surface area contributed by atoms with E-state index in [1.807, 2.05) is 32.1 Å². The van der Waals surface area contributed by atoms with E-state index >= 15 is 0 Å². The number of cyclic esters (lactones) is 1. The van der Waals surface area contributed by atoms with Crippen LogP contribution in [0.3, 0.4) is 0 Å². The molecule has 0 aliphatic carbocycles. The molecule has 0 amide bonds. The molecule has 2 bridgehead atoms. The lowest BCUT2D eigenvalue weighted by Gasteiger charge is -2.32. The summed E-state index contributed by atoms with van der Waals surface area (Å²) < 4.78 is 12.0. The van der Waals surface area contributed by atoms with Crippen molar-refractivity contribution in [1.29, 1.82) is 0 Å². The number of hydrogen-bond acceptors (Lipinski definition) is 6. The molecule has 2 heterocycles. The van der Waals surface area contributed by atoms with Crippen LogP contribution in [0.15, 0.2) is 72.9 Å². The zero-order valence-corrected chi connectivity index (χ0v) is 22.0. The molecular weight excluding hydrogens is 456 g/mol. The van der Waals surface area contributed by atoms with E-state index in [0.29, 0.717) is 19.3 Å². The Hall–Kier alpha value is -2.25. The molecule has 1 fully saturated rings. The van der Waals surface area contributed by atoms with Gasteiger partial charge in [0.25, 0.3) is 0 Å². The Morgan fingerprint density at radius 2 is 1.81 bits per heavy atom. The fraction of sp³-hybridized carbons (Fsp3) is 0.567. The van der Waals surface area contributed by atoms with Crippen LogP contribution in [0.25, 0.3) is 0 Å². The summed E-state index contributed by atoms with van der Waals surface area (Å²) in [5.41, 5.74) is 1.95. The van der Waals surface area contributed by atoms with Gasteiger partial charge >= 0.3 is 5.97 Å². The number of aliphatic hydroxyl groups excluding tert-OH is 3. The second-order valence-electron chi connectivity index (χ2n) is 10.2. The molecule has 2 aliphatic rings. The van der Waals surface area contributed by atoms with Gasteiger partial charge in [-0.05, 0) is 58.3 Å². The Labute approximate surface area is 216 Å². The molecule has 8 unspecified atom stereocenters. The Morgan fingerprint density at radius 3 is 2.53 bits per heavy atom. The van der Waals surface area contributed by atoms with Crippen molar-refractivity contribution in [2.24, 2.45) is 11.8 Å². The van der Waals surface area contributed by atoms with Crippen LogP contribution in [-0.2, 0) is 14.3 Å². The van der Waals surface area contributed by atoms with Crippen LogP contribution in [0.5, 0.6) is 0 Å². The average molecular weight is 501 g/mol. The molecule has 0 saturated carbocycles. The van der Waals surface area contributed by atoms with E-state index in [0.717, 1.165) is 30.4 Å². The SMILES string of the molecule is C=C(C)CC=CC(=C)CC(C)C1OC(=O)C(C)C=CC=CC(O)C(O)C=CCCC2CCC(O2)C1O. The van der Waals surface area contributed by atoms with E-state index < -0.39 is 42.4 Å². The van der Waals surface area contributed by atoms with Crippen molar-refractivity contribution < 1.29 is 29.6 Å². The number of rotatable bonds is 6. The zero-order valence-electron chi connectivity index (χ0n) is 22.0. The van der Waals surface area contributed by atoms with Crippen LogP contribution >= 0.6 is 0 Å². The molecule has 0 radical (unpaired) electrons. The van der Waals surface area contributed by atoms with E-state index in [9.17, 15) is 20.1 Å². The standard InChI is InChI=1S/C30H44O6/c1-20(2)11-10-12-21(3)19-23(5)29-28(33)27-18-17-24(35-27)14-7-9-16-26(32)25(31)15-8-6-13-22(4)30(34)36-29/h6,8-10,12-13,15-16,22-29,31-33H,1,3,7,11,14,17-19H2,2,4-5H3. The summed E-state index contributed by atoms with van der Waals surface area (Å²) in [5.74, 6) is -1.18. The van der Waals surface area contributed by atoms with Gasteiger partial charge < -0.3 is 24.8 Å². The Kier molecular flexibility index (Phi) is 12.6. The van der Waals surface area contributed by atoms with E-state index in [1.165, 1.54) is 6.08 Å². The molecule has 0 aromatic rings. The van der Waals surface area contributed by atoms with Crippen LogP contribution in [-0.4, -0.2) is 57.9 Å². The highest BCUT2D eigenvalue weighted by molar-refractivity contribution is 5.74. The zero-order chi connectivity index (χ0) is 26.7. The van der Waals surface area contributed by atoms with Crippen LogP contribution < -0.4 is 0 Å². The largest absolute Gasteiger partial charge is 0.459 e. The number of allylic oxidation sites excluding steroid dienone is 7. The number of hydrogen-bond donors (Lipinski definition) is 3. The van der Waals surface area contributed by atoms with Crippen LogP contribution in [0.1, 0.15) is 59.3 Å². The summed E-state index contributed by atoms with van der Waals surface area (Å²) in [6.45, 7) is 13.7. The van der Waals surface area contributed by atoms with E-state index in [2.05, 4.69) is 13.2 Å². The first-order valence-corrected chi connectivity index (χ1v) is 13.0. The van der Waals surface area contributed by atoms with Crippen molar-refractivity contribution >= 4 is 5.97 Å². The lowest BCUT2D eigenvalue weighted by atomic mass is 9.89. The van der Waals surface area contributed by atoms with E-state index in [-0.39, 0.29) is 12.0 Å². The summed E-state index contributed by atoms with van der Waals surface area (Å²) in [4.78, 5) is 12.9. The Balaban J connectivity index is 2.21. The maximum absolute atomic E-state index is 12.9. The van der Waals surface area contributed by atoms with Crippen LogP contribution in [0.2, 0.25) is 0 Å². The average Bonchev–Trinajstić information content (AvgIpc) is 3.30. The molecular formula is C30H44O6. The van der Waals surface area contributed by atoms with Crippen molar-refractivity contribution in [3.8, 4) is 0 Å². The monoisotopic (exact) mass is 500 g/mol. The minimum Gasteiger partial charge on any atom is -0.459 e. The Morgan fingerprint density at radius 1 is 1.11 bits per heavy atom. The van der Waals surface area contributed by atoms with Crippen LogP contribution in [0.4, 0.5) is 0 Å². The van der Waals surface area contributed by atoms with Crippen molar-refractivity contribution in [3.05, 3.63) is 72.9 Å². The van der Waals surface area contributed by atoms with Gasteiger partial charge in [-0.25, -0.2) is 0 Å². The molecule has 200 valence electrons. The second kappa shape index (κ2) is 15.1. The molecule has 1 saturated heterocycles. The third kappa shape index (κ3) is 10.0. The first-order chi connectivity index (χ1) is 17.1. The molecule has 0 aromatic heterocycles. The molecule has 0 spiro atoms. The molecule has 0 aromatic carbocycles. The molecule has 8 atom stereocenters. The van der Waals surface area contributed by atoms with E-state index in [4.69, 9.17) is 9.47 Å². The lowest BCUT2D eigenvalue weighted by molar-refractivity contribution is -0.170. The predicted molar refractivity (Wildman–Crippen MR) is 143 cm³/mol. The van der Waals surface area contributed by atoms with Gasteiger partial charge in [0, 0.05) is 0 Å². The smallest absolute Gasteiger partial charge is 0.312 e. The number of carbonyl (C=O) groups excluding carboxylic acids is 1. The van der Waals surface area contributed by atoms with Gasteiger partial charge in [-0.1, -0.05) is 79.8 Å². The van der Waals surface area contributed by atoms with Gasteiger partial charge in [0.2, 0.25) is 0 Å². The van der Waals surface area contributed by atoms with Crippen molar-refractivity contribution in [2.45, 2.75) is 95.9 Å². The molecule has 6 nitrogen and oxygen atoms in total. The summed E-state index contributed by atoms with van der Waals surface area (Å²) in [6.07, 6.45) is 13.8. The number of ether oxygens (including phenoxy) is 2. The highest BCUT2D eigenvalue weighted by Gasteiger charge is 2.39. The maximum Gasteiger partial charge on any atom is 0.312 e. The van der Waals surface area contributed by atoms with Gasteiger partial charge in [-0.3, -0.25) is 4.79 Å². The normalized spacial score (nSPS) is 33.2. The fourth-order valence-corrected chi connectivity index (χ4v) is 4.43. The minimum atomic E-state index is -1.04. The first-order valence-electron chi connectivity index (χ1n) is 13.0. The van der Waals surface area contributed by atoms with Crippen molar-refractivity contribution in [3.63, 3.8) is 0 Å². The third-order valence-electron chi connectivity index (χ3n) is 6.60. The molecule has 2 rings (SSSR count). The second-order valence-corrected chi connectivity index (χ2v) is 10.2. The fourth-order valence-electron chi connectivity index (χ4n) is 4.43. The highest BCUT2D eigenvalue weighted by Crippen LogP contribution is 2.31. The third-order valence-corrected chi connectivity index (χ3v) is 6.60. The van der Waals surface area contributed by atoms with E-state index in [1.54, 1.807) is 31.2 Å². The highest BCUT2D eigenvalue weighted by atomic mass is 16.6. The van der Waals surface area contributed by atoms with Crippen molar-refractivity contribution in [2.75, 3.05) is 0 Å². The first kappa shape index (κ1) is 30.0. The number of fused-ring (bicyclic) bond motifs is 2. The van der Waals surface area contributed by atoms with Gasteiger partial charge in [-0.15, -0.1) is 0 Å². The number of aliphatic hydroxyl groups is 3. The summed E-state index contributed by atoms with van der Waals surface area (Å²) >= 11 is 0. The quantitative estimate of drug-likeness (QED) is 0.277. The number of carbonyl (C=O) groups is 1. The van der Waals surface area contributed by atoms with Gasteiger partial charge in [0.15, 0.2) is 0 Å². The predicted octanol–water partition coefficient (Wildman–Crippen LogP) is 4.73. The molecule has 2 aliphatic heterocycles. The number of esters is 1. The van der Waals surface area contributed by atoms with Gasteiger partial charge in [-0.2, -0.15) is 0 Å². The molecule has 6 heteroatoms. The Bertz CT molecular complexity index is 854. The lowest BCUT2D eigenvalue weighted by Crippen LogP contribution is -2.44. The van der Waals surface area contributed by atoms with Crippen LogP contribution in [0, 0.1) is 11.8 Å². The molecule has 36 heavy (non-hydrogen) atoms. The van der Waals surface area contributed by atoms with Gasteiger partial charge in [0.1, 0.15) is 24.4 Å². The maximum atomic E-state index is 12.9. The van der Waals surface area contributed by atoms with Crippen molar-refractivity contribution in [1.82, 2.24) is 0 Å². The molecule has 3 N–H and O–H groups in total. The minimum absolute atomic E-state index is 0.0244. The van der Waals surface area contributed by atoms with Gasteiger partial charge in [0.05, 0.1) is 18.1 Å². The summed E-state index contributed by atoms with van der Waals surface area (Å²) in [6, 6.07) is 0. The summed E-state index contributed by atoms with van der Waals surface area (Å²) in [5, 5.41) is 31.5. The summed E-state index contributed by atoms with van der Waals surface area (Å²) in [7, 11) is 0.